The molecule has 3 N–H and O–H groups in total. The fraction of sp³-hybridized carbons (Fsp3) is 0.346. The fourth-order valence-electron chi connectivity index (χ4n) is 4.07. The van der Waals surface area contributed by atoms with Crippen molar-refractivity contribution in [2.75, 3.05) is 50.1 Å². The van der Waals surface area contributed by atoms with Gasteiger partial charge in [0.1, 0.15) is 23.7 Å². The third kappa shape index (κ3) is 8.45. The standard InChI is InChI=1S/C26H25ClF5N5O4/c27-18-9-15(1-2-19(18)28)35-24-17-10-22(23(41-13-26(30,31)32)11-21(17)33-14-34-24)36-25(39)20(29)4-6-37-5-3-16(12-37)40-8-7-38/h1-2,4,9-11,14,16,38H,3,5-8,12-13H2,(H,36,39)(H,33,34,35). The Labute approximate surface area is 235 Å². The molecule has 0 bridgehead atoms. The highest BCUT2D eigenvalue weighted by Gasteiger charge is 2.29. The molecule has 1 aliphatic rings. The number of rotatable bonds is 11. The quantitative estimate of drug-likeness (QED) is 0.209. The number of alkyl halides is 3. The van der Waals surface area contributed by atoms with Gasteiger partial charge in [0.2, 0.25) is 0 Å². The van der Waals surface area contributed by atoms with Crippen LogP contribution in [0.2, 0.25) is 5.02 Å². The van der Waals surface area contributed by atoms with Gasteiger partial charge in [-0.3, -0.25) is 9.69 Å². The zero-order valence-electron chi connectivity index (χ0n) is 21.3. The molecule has 1 amide bonds. The van der Waals surface area contributed by atoms with E-state index in [0.29, 0.717) is 25.2 Å². The average Bonchev–Trinajstić information content (AvgIpc) is 3.39. The molecular formula is C26H25ClF5N5O4. The predicted molar refractivity (Wildman–Crippen MR) is 141 cm³/mol. The number of amides is 1. The molecule has 2 heterocycles. The number of carbonyl (C=O) groups is 1. The number of nitrogens with one attached hydrogen (secondary N) is 2. The number of benzene rings is 2. The number of hydrogen-bond acceptors (Lipinski definition) is 8. The van der Waals surface area contributed by atoms with Crippen LogP contribution in [0, 0.1) is 5.82 Å². The molecule has 2 aromatic carbocycles. The van der Waals surface area contributed by atoms with Gasteiger partial charge in [-0.25, -0.2) is 18.7 Å². The average molecular weight is 602 g/mol. The van der Waals surface area contributed by atoms with Crippen molar-refractivity contribution in [3.05, 3.63) is 59.4 Å². The fourth-order valence-corrected chi connectivity index (χ4v) is 4.25. The summed E-state index contributed by atoms with van der Waals surface area (Å²) in [5.74, 6) is -3.25. The summed E-state index contributed by atoms with van der Waals surface area (Å²) in [6, 6.07) is 6.21. The van der Waals surface area contributed by atoms with Crippen LogP contribution in [0.5, 0.6) is 5.75 Å². The lowest BCUT2D eigenvalue weighted by Gasteiger charge is -2.16. The molecule has 1 atom stereocenters. The summed E-state index contributed by atoms with van der Waals surface area (Å²) < 4.78 is 77.4. The second-order valence-electron chi connectivity index (χ2n) is 9.02. The summed E-state index contributed by atoms with van der Waals surface area (Å²) in [6.45, 7) is -0.417. The van der Waals surface area contributed by atoms with Crippen molar-refractivity contribution in [2.24, 2.45) is 0 Å². The number of halogens is 6. The number of aliphatic hydroxyl groups is 1. The van der Waals surface area contributed by atoms with Crippen LogP contribution < -0.4 is 15.4 Å². The van der Waals surface area contributed by atoms with Crippen molar-refractivity contribution in [3.8, 4) is 5.75 Å². The van der Waals surface area contributed by atoms with Crippen molar-refractivity contribution in [2.45, 2.75) is 18.7 Å². The molecule has 1 aliphatic heterocycles. The SMILES string of the molecule is O=C(Nc1cc2c(Nc3ccc(F)c(Cl)c3)ncnc2cc1OCC(F)(F)F)C(F)=CCN1CCC(OCCO)C1. The molecule has 0 spiro atoms. The highest BCUT2D eigenvalue weighted by molar-refractivity contribution is 6.31. The molecule has 1 aromatic heterocycles. The van der Waals surface area contributed by atoms with E-state index in [1.165, 1.54) is 18.2 Å². The summed E-state index contributed by atoms with van der Waals surface area (Å²) in [4.78, 5) is 22.7. The maximum atomic E-state index is 14.8. The van der Waals surface area contributed by atoms with Gasteiger partial charge >= 0.3 is 6.18 Å². The first-order chi connectivity index (χ1) is 19.5. The first-order valence-electron chi connectivity index (χ1n) is 12.3. The van der Waals surface area contributed by atoms with Crippen molar-refractivity contribution < 1.29 is 41.3 Å². The molecule has 9 nitrogen and oxygen atoms in total. The Morgan fingerprint density at radius 3 is 2.78 bits per heavy atom. The van der Waals surface area contributed by atoms with Crippen LogP contribution in [0.4, 0.5) is 39.1 Å². The van der Waals surface area contributed by atoms with Gasteiger partial charge in [0.15, 0.2) is 12.4 Å². The summed E-state index contributed by atoms with van der Waals surface area (Å²) in [5.41, 5.74) is 0.233. The van der Waals surface area contributed by atoms with E-state index < -0.39 is 36.1 Å². The van der Waals surface area contributed by atoms with E-state index in [-0.39, 0.29) is 53.3 Å². The van der Waals surface area contributed by atoms with Crippen molar-refractivity contribution in [1.82, 2.24) is 14.9 Å². The Morgan fingerprint density at radius 2 is 2.05 bits per heavy atom. The Bertz CT molecular complexity index is 1430. The van der Waals surface area contributed by atoms with Gasteiger partial charge in [-0.2, -0.15) is 13.2 Å². The second kappa shape index (κ2) is 13.4. The van der Waals surface area contributed by atoms with E-state index in [4.69, 9.17) is 26.2 Å². The van der Waals surface area contributed by atoms with Crippen LogP contribution in [0.1, 0.15) is 6.42 Å². The van der Waals surface area contributed by atoms with Crippen LogP contribution in [0.3, 0.4) is 0 Å². The molecule has 1 unspecified atom stereocenters. The summed E-state index contributed by atoms with van der Waals surface area (Å²) in [5, 5.41) is 14.1. The second-order valence-corrected chi connectivity index (χ2v) is 9.42. The summed E-state index contributed by atoms with van der Waals surface area (Å²) in [7, 11) is 0. The number of carbonyl (C=O) groups excluding carboxylic acids is 1. The number of nitrogens with zero attached hydrogens (tertiary/aromatic N) is 3. The van der Waals surface area contributed by atoms with Crippen molar-refractivity contribution in [1.29, 1.82) is 0 Å². The van der Waals surface area contributed by atoms with Gasteiger partial charge in [-0.05, 0) is 36.8 Å². The van der Waals surface area contributed by atoms with Crippen molar-refractivity contribution >= 4 is 45.6 Å². The van der Waals surface area contributed by atoms with E-state index in [1.807, 2.05) is 4.90 Å². The molecule has 0 radical (unpaired) electrons. The molecule has 0 aliphatic carbocycles. The van der Waals surface area contributed by atoms with Crippen LogP contribution in [0.15, 0.2) is 48.6 Å². The smallest absolute Gasteiger partial charge is 0.422 e. The number of aromatic nitrogens is 2. The van der Waals surface area contributed by atoms with Crippen molar-refractivity contribution in [3.63, 3.8) is 0 Å². The van der Waals surface area contributed by atoms with Gasteiger partial charge in [0.05, 0.1) is 35.5 Å². The van der Waals surface area contributed by atoms with Gasteiger partial charge in [0.25, 0.3) is 5.91 Å². The first kappa shape index (κ1) is 30.4. The monoisotopic (exact) mass is 601 g/mol. The zero-order valence-corrected chi connectivity index (χ0v) is 22.1. The molecule has 0 saturated carbocycles. The Morgan fingerprint density at radius 1 is 1.24 bits per heavy atom. The number of hydrogen-bond donors (Lipinski definition) is 3. The molecule has 3 aromatic rings. The highest BCUT2D eigenvalue weighted by Crippen LogP contribution is 2.35. The Balaban J connectivity index is 1.57. The van der Waals surface area contributed by atoms with E-state index in [2.05, 4.69) is 20.6 Å². The van der Waals surface area contributed by atoms with Gasteiger partial charge in [-0.1, -0.05) is 11.6 Å². The topological polar surface area (TPSA) is 109 Å². The zero-order chi connectivity index (χ0) is 29.6. The normalized spacial score (nSPS) is 16.3. The molecular weight excluding hydrogens is 577 g/mol. The minimum Gasteiger partial charge on any atom is -0.482 e. The minimum atomic E-state index is -4.68. The van der Waals surface area contributed by atoms with E-state index in [1.54, 1.807) is 0 Å². The molecule has 220 valence electrons. The number of likely N-dealkylation sites (tertiary alicyclic amines) is 1. The lowest BCUT2D eigenvalue weighted by molar-refractivity contribution is -0.153. The Hall–Kier alpha value is -3.59. The maximum Gasteiger partial charge on any atom is 0.422 e. The summed E-state index contributed by atoms with van der Waals surface area (Å²) in [6.07, 6.45) is -1.93. The van der Waals surface area contributed by atoms with Gasteiger partial charge in [0, 0.05) is 36.8 Å². The summed E-state index contributed by atoms with van der Waals surface area (Å²) >= 11 is 5.83. The number of anilines is 3. The lowest BCUT2D eigenvalue weighted by Crippen LogP contribution is -2.25. The van der Waals surface area contributed by atoms with Gasteiger partial charge in [-0.15, -0.1) is 0 Å². The Kier molecular flexibility index (Phi) is 9.91. The molecule has 41 heavy (non-hydrogen) atoms. The van der Waals surface area contributed by atoms with Crippen LogP contribution in [0.25, 0.3) is 10.9 Å². The third-order valence-electron chi connectivity index (χ3n) is 5.98. The molecule has 4 rings (SSSR count). The number of fused-ring (bicyclic) bond motifs is 1. The molecule has 1 fully saturated rings. The third-order valence-corrected chi connectivity index (χ3v) is 6.27. The number of aliphatic hydroxyl groups excluding tert-OH is 1. The maximum absolute atomic E-state index is 14.8. The van der Waals surface area contributed by atoms with Gasteiger partial charge < -0.3 is 25.2 Å². The number of ether oxygens (including phenoxy) is 2. The lowest BCUT2D eigenvalue weighted by atomic mass is 10.1. The van der Waals surface area contributed by atoms with E-state index >= 15 is 0 Å². The molecule has 15 heteroatoms. The predicted octanol–water partition coefficient (Wildman–Crippen LogP) is 4.98. The first-order valence-corrected chi connectivity index (χ1v) is 12.7. The van der Waals surface area contributed by atoms with Crippen LogP contribution >= 0.6 is 11.6 Å². The largest absolute Gasteiger partial charge is 0.482 e. The van der Waals surface area contributed by atoms with E-state index in [9.17, 15) is 26.7 Å². The van der Waals surface area contributed by atoms with E-state index in [0.717, 1.165) is 24.5 Å². The minimum absolute atomic E-state index is 0.0928. The van der Waals surface area contributed by atoms with Crippen LogP contribution in [-0.4, -0.2) is 77.6 Å². The van der Waals surface area contributed by atoms with Crippen LogP contribution in [-0.2, 0) is 9.53 Å². The highest BCUT2D eigenvalue weighted by atomic mass is 35.5. The molecule has 1 saturated heterocycles.